The quantitative estimate of drug-likeness (QED) is 0.393. The highest BCUT2D eigenvalue weighted by molar-refractivity contribution is 7.30. The molecule has 1 rings (SSSR count). The van der Waals surface area contributed by atoms with E-state index in [2.05, 4.69) is 4.81 Å². The van der Waals surface area contributed by atoms with Gasteiger partial charge in [-0.3, -0.25) is 4.81 Å². The zero-order valence-corrected chi connectivity index (χ0v) is 7.77. The second kappa shape index (κ2) is 5.25. The predicted octanol–water partition coefficient (Wildman–Crippen LogP) is 2.73. The summed E-state index contributed by atoms with van der Waals surface area (Å²) in [4.78, 5) is 9.59. The molecule has 2 nitrogen and oxygen atoms in total. The van der Waals surface area contributed by atoms with Crippen molar-refractivity contribution in [1.29, 1.82) is 0 Å². The molecule has 0 saturated heterocycles. The van der Waals surface area contributed by atoms with Crippen LogP contribution in [0.3, 0.4) is 0 Å². The summed E-state index contributed by atoms with van der Waals surface area (Å²) in [5, 5.41) is 0. The van der Waals surface area contributed by atoms with E-state index in [1.54, 1.807) is 0 Å². The molecule has 0 amide bonds. The first-order chi connectivity index (χ1) is 5.29. The van der Waals surface area contributed by atoms with Crippen molar-refractivity contribution in [1.82, 2.24) is 0 Å². The lowest BCUT2D eigenvalue weighted by atomic mass is 9.98. The van der Waals surface area contributed by atoms with Gasteiger partial charge in [0.25, 0.3) is 0 Å². The molecular formula is C6H11BCl2O2. The average molecular weight is 197 g/mol. The van der Waals surface area contributed by atoms with Crippen molar-refractivity contribution < 1.29 is 9.69 Å². The lowest BCUT2D eigenvalue weighted by Crippen LogP contribution is -2.19. The molecule has 0 aliphatic heterocycles. The summed E-state index contributed by atoms with van der Waals surface area (Å²) in [5.74, 6) is -0.864. The molecule has 0 radical (unpaired) electrons. The van der Waals surface area contributed by atoms with Gasteiger partial charge in [0, 0.05) is 0 Å². The van der Waals surface area contributed by atoms with Crippen LogP contribution >= 0.6 is 22.9 Å². The van der Waals surface area contributed by atoms with Crippen LogP contribution in [0, 0.1) is 0 Å². The van der Waals surface area contributed by atoms with Gasteiger partial charge in [-0.25, -0.2) is 4.89 Å². The van der Waals surface area contributed by atoms with Crippen molar-refractivity contribution in [3.63, 3.8) is 0 Å². The summed E-state index contributed by atoms with van der Waals surface area (Å²) in [5.41, 5.74) is 0. The predicted molar refractivity (Wildman–Crippen MR) is 46.5 cm³/mol. The highest BCUT2D eigenvalue weighted by Gasteiger charge is 2.17. The Morgan fingerprint density at radius 2 is 1.73 bits per heavy atom. The number of hydrogen-bond donors (Lipinski definition) is 0. The maximum absolute atomic E-state index is 5.32. The van der Waals surface area contributed by atoms with Gasteiger partial charge in [0.1, 0.15) is 0 Å². The van der Waals surface area contributed by atoms with E-state index in [4.69, 9.17) is 27.8 Å². The molecule has 1 aliphatic carbocycles. The van der Waals surface area contributed by atoms with Crippen molar-refractivity contribution in [2.24, 2.45) is 0 Å². The SMILES string of the molecule is ClB(Cl)OOC1CCCCC1. The molecule has 0 atom stereocenters. The topological polar surface area (TPSA) is 18.5 Å². The number of halogens is 2. The van der Waals surface area contributed by atoms with E-state index in [9.17, 15) is 0 Å². The van der Waals surface area contributed by atoms with Crippen LogP contribution in [0.5, 0.6) is 0 Å². The smallest absolute Gasteiger partial charge is 0.259 e. The Morgan fingerprint density at radius 1 is 1.09 bits per heavy atom. The third kappa shape index (κ3) is 4.21. The number of rotatable bonds is 3. The van der Waals surface area contributed by atoms with E-state index >= 15 is 0 Å². The van der Waals surface area contributed by atoms with Gasteiger partial charge in [0.05, 0.1) is 6.10 Å². The largest absolute Gasteiger partial charge is 0.539 e. The molecule has 1 fully saturated rings. The standard InChI is InChI=1S/C6H11BCl2O2/c8-7(9)11-10-6-4-2-1-3-5-6/h6H,1-5H2. The third-order valence-corrected chi connectivity index (χ3v) is 1.96. The Kier molecular flexibility index (Phi) is 4.61. The van der Waals surface area contributed by atoms with Gasteiger partial charge in [0.15, 0.2) is 0 Å². The molecule has 64 valence electrons. The normalized spacial score (nSPS) is 20.2. The summed E-state index contributed by atoms with van der Waals surface area (Å²) < 4.78 is 0. The molecule has 0 heterocycles. The van der Waals surface area contributed by atoms with Gasteiger partial charge < -0.3 is 0 Å². The van der Waals surface area contributed by atoms with Gasteiger partial charge in [0.2, 0.25) is 0 Å². The van der Waals surface area contributed by atoms with E-state index in [1.807, 2.05) is 0 Å². The van der Waals surface area contributed by atoms with E-state index < -0.39 is 5.75 Å². The molecule has 5 heteroatoms. The van der Waals surface area contributed by atoms with Crippen LogP contribution in [-0.2, 0) is 9.69 Å². The van der Waals surface area contributed by atoms with E-state index in [0.717, 1.165) is 12.8 Å². The van der Waals surface area contributed by atoms with Crippen LogP contribution in [0.2, 0.25) is 0 Å². The van der Waals surface area contributed by atoms with E-state index in [-0.39, 0.29) is 6.10 Å². The molecule has 0 spiro atoms. The lowest BCUT2D eigenvalue weighted by Gasteiger charge is -2.20. The maximum atomic E-state index is 5.32. The van der Waals surface area contributed by atoms with Crippen molar-refractivity contribution in [3.05, 3.63) is 0 Å². The van der Waals surface area contributed by atoms with Crippen LogP contribution < -0.4 is 0 Å². The fraction of sp³-hybridized carbons (Fsp3) is 1.00. The van der Waals surface area contributed by atoms with Gasteiger partial charge in [-0.15, -0.1) is 22.9 Å². The summed E-state index contributed by atoms with van der Waals surface area (Å²) in [6.07, 6.45) is 6.03. The second-order valence-electron chi connectivity index (χ2n) is 2.71. The van der Waals surface area contributed by atoms with Crippen LogP contribution in [0.4, 0.5) is 0 Å². The summed E-state index contributed by atoms with van der Waals surface area (Å²) in [7, 11) is 0. The highest BCUT2D eigenvalue weighted by Crippen LogP contribution is 2.20. The van der Waals surface area contributed by atoms with E-state index in [0.29, 0.717) is 0 Å². The molecule has 1 saturated carbocycles. The Labute approximate surface area is 77.0 Å². The molecule has 0 bridgehead atoms. The molecule has 0 aromatic carbocycles. The van der Waals surface area contributed by atoms with Crippen molar-refractivity contribution in [3.8, 4) is 0 Å². The Balaban J connectivity index is 2.05. The van der Waals surface area contributed by atoms with Crippen LogP contribution in [0.1, 0.15) is 32.1 Å². The van der Waals surface area contributed by atoms with E-state index in [1.165, 1.54) is 19.3 Å². The first kappa shape index (κ1) is 9.65. The minimum absolute atomic E-state index is 0.198. The fourth-order valence-electron chi connectivity index (χ4n) is 1.28. The van der Waals surface area contributed by atoms with Gasteiger partial charge in [-0.2, -0.15) is 0 Å². The molecule has 1 aliphatic rings. The van der Waals surface area contributed by atoms with Gasteiger partial charge in [-0.05, 0) is 12.8 Å². The van der Waals surface area contributed by atoms with Gasteiger partial charge in [-0.1, -0.05) is 19.3 Å². The minimum Gasteiger partial charge on any atom is -0.259 e. The molecule has 11 heavy (non-hydrogen) atoms. The Bertz CT molecular complexity index is 107. The highest BCUT2D eigenvalue weighted by atomic mass is 35.5. The molecular weight excluding hydrogens is 186 g/mol. The lowest BCUT2D eigenvalue weighted by molar-refractivity contribution is -0.252. The molecule has 0 N–H and O–H groups in total. The van der Waals surface area contributed by atoms with Crippen LogP contribution in [0.25, 0.3) is 0 Å². The zero-order chi connectivity index (χ0) is 8.10. The first-order valence-electron chi connectivity index (χ1n) is 3.89. The average Bonchev–Trinajstić information content (AvgIpc) is 2.03. The summed E-state index contributed by atoms with van der Waals surface area (Å²) in [6, 6.07) is 0. The summed E-state index contributed by atoms with van der Waals surface area (Å²) >= 11 is 10.6. The maximum Gasteiger partial charge on any atom is 0.539 e. The van der Waals surface area contributed by atoms with Crippen molar-refractivity contribution in [2.75, 3.05) is 0 Å². The molecule has 0 aromatic rings. The Hall–Kier alpha value is 0.565. The minimum atomic E-state index is -0.864. The van der Waals surface area contributed by atoms with Crippen molar-refractivity contribution in [2.45, 2.75) is 38.2 Å². The monoisotopic (exact) mass is 196 g/mol. The van der Waals surface area contributed by atoms with Gasteiger partial charge >= 0.3 is 5.75 Å². The first-order valence-corrected chi connectivity index (χ1v) is 4.76. The Morgan fingerprint density at radius 3 is 2.27 bits per heavy atom. The number of hydrogen-bond acceptors (Lipinski definition) is 2. The molecule has 0 aromatic heterocycles. The van der Waals surface area contributed by atoms with Crippen LogP contribution in [-0.4, -0.2) is 11.9 Å². The second-order valence-corrected chi connectivity index (χ2v) is 3.73. The summed E-state index contributed by atoms with van der Waals surface area (Å²) in [6.45, 7) is 0. The van der Waals surface area contributed by atoms with Crippen molar-refractivity contribution >= 4 is 28.7 Å². The zero-order valence-electron chi connectivity index (χ0n) is 6.26. The van der Waals surface area contributed by atoms with Crippen LogP contribution in [0.15, 0.2) is 0 Å². The molecule has 0 unspecified atom stereocenters. The fourth-order valence-corrected chi connectivity index (χ4v) is 1.37. The third-order valence-electron chi connectivity index (χ3n) is 1.82.